The molecule has 118 valence electrons. The minimum atomic E-state index is -0.745. The first-order valence-corrected chi connectivity index (χ1v) is 8.05. The smallest absolute Gasteiger partial charge is 0.324 e. The molecule has 0 spiro atoms. The zero-order valence-electron chi connectivity index (χ0n) is 13.4. The van der Waals surface area contributed by atoms with Gasteiger partial charge in [0.05, 0.1) is 6.10 Å². The molecule has 20 heavy (non-hydrogen) atoms. The van der Waals surface area contributed by atoms with E-state index in [-0.39, 0.29) is 18.1 Å². The summed E-state index contributed by atoms with van der Waals surface area (Å²) in [5.74, 6) is -0.522. The van der Waals surface area contributed by atoms with Crippen LogP contribution >= 0.6 is 0 Å². The van der Waals surface area contributed by atoms with Crippen molar-refractivity contribution in [3.63, 3.8) is 0 Å². The van der Waals surface area contributed by atoms with E-state index in [1.165, 1.54) is 0 Å². The number of hydrogen-bond donors (Lipinski definition) is 2. The number of hydrogen-bond acceptors (Lipinski definition) is 3. The first-order chi connectivity index (χ1) is 9.42. The molecular formula is C16H31NO3. The van der Waals surface area contributed by atoms with Crippen molar-refractivity contribution in [1.29, 1.82) is 0 Å². The van der Waals surface area contributed by atoms with E-state index in [9.17, 15) is 9.90 Å². The van der Waals surface area contributed by atoms with Crippen LogP contribution in [0.4, 0.5) is 0 Å². The number of carboxylic acid groups (broad SMARTS) is 1. The van der Waals surface area contributed by atoms with Gasteiger partial charge in [-0.2, -0.15) is 0 Å². The normalized spacial score (nSPS) is 27.9. The van der Waals surface area contributed by atoms with E-state index >= 15 is 0 Å². The van der Waals surface area contributed by atoms with Crippen LogP contribution in [-0.2, 0) is 9.53 Å². The fourth-order valence-electron chi connectivity index (χ4n) is 3.42. The van der Waals surface area contributed by atoms with Crippen molar-refractivity contribution in [1.82, 2.24) is 5.32 Å². The quantitative estimate of drug-likeness (QED) is 0.683. The number of nitrogens with one attached hydrogen (secondary N) is 1. The van der Waals surface area contributed by atoms with Gasteiger partial charge in [0.1, 0.15) is 5.54 Å². The van der Waals surface area contributed by atoms with E-state index in [0.29, 0.717) is 6.61 Å². The Labute approximate surface area is 123 Å². The average Bonchev–Trinajstić information content (AvgIpc) is 2.73. The topological polar surface area (TPSA) is 58.6 Å². The van der Waals surface area contributed by atoms with Crippen LogP contribution in [0.3, 0.4) is 0 Å². The van der Waals surface area contributed by atoms with E-state index in [0.717, 1.165) is 38.5 Å². The standard InChI is InChI=1S/C16H31NO3/c1-5-7-13(4)20-11-9-14-8-6-10-16(14,15(18)19)17-12(2)3/h12-14,17H,5-11H2,1-4H3,(H,18,19). The Morgan fingerprint density at radius 3 is 2.70 bits per heavy atom. The predicted molar refractivity (Wildman–Crippen MR) is 80.9 cm³/mol. The maximum Gasteiger partial charge on any atom is 0.324 e. The Hall–Kier alpha value is -0.610. The maximum atomic E-state index is 11.8. The molecule has 4 heteroatoms. The lowest BCUT2D eigenvalue weighted by Crippen LogP contribution is -2.57. The molecule has 0 amide bonds. The van der Waals surface area contributed by atoms with E-state index in [4.69, 9.17) is 4.74 Å². The molecule has 1 aliphatic rings. The van der Waals surface area contributed by atoms with Gasteiger partial charge in [-0.05, 0) is 52.4 Å². The summed E-state index contributed by atoms with van der Waals surface area (Å²) < 4.78 is 5.80. The average molecular weight is 285 g/mol. The van der Waals surface area contributed by atoms with Crippen molar-refractivity contribution in [2.75, 3.05) is 6.61 Å². The highest BCUT2D eigenvalue weighted by Gasteiger charge is 2.48. The molecule has 0 aromatic carbocycles. The molecule has 0 aromatic rings. The molecule has 0 aliphatic heterocycles. The van der Waals surface area contributed by atoms with Crippen molar-refractivity contribution < 1.29 is 14.6 Å². The second-order valence-corrected chi connectivity index (χ2v) is 6.42. The molecule has 0 radical (unpaired) electrons. The van der Waals surface area contributed by atoms with Crippen molar-refractivity contribution in [3.8, 4) is 0 Å². The monoisotopic (exact) mass is 285 g/mol. The van der Waals surface area contributed by atoms with Crippen LogP contribution in [0, 0.1) is 5.92 Å². The summed E-state index contributed by atoms with van der Waals surface area (Å²) in [6.07, 6.45) is 6.00. The van der Waals surface area contributed by atoms with Crippen molar-refractivity contribution in [2.24, 2.45) is 5.92 Å². The Morgan fingerprint density at radius 1 is 1.45 bits per heavy atom. The SMILES string of the molecule is CCCC(C)OCCC1CCCC1(NC(C)C)C(=O)O. The number of aliphatic carboxylic acids is 1. The second-order valence-electron chi connectivity index (χ2n) is 6.42. The first-order valence-electron chi connectivity index (χ1n) is 8.05. The molecule has 1 saturated carbocycles. The molecule has 1 aliphatic carbocycles. The molecule has 0 heterocycles. The number of rotatable bonds is 9. The van der Waals surface area contributed by atoms with Gasteiger partial charge in [-0.1, -0.05) is 19.8 Å². The lowest BCUT2D eigenvalue weighted by atomic mass is 9.84. The van der Waals surface area contributed by atoms with Crippen molar-refractivity contribution in [3.05, 3.63) is 0 Å². The highest BCUT2D eigenvalue weighted by molar-refractivity contribution is 5.79. The summed E-state index contributed by atoms with van der Waals surface area (Å²) in [5, 5.41) is 13.0. The third-order valence-corrected chi connectivity index (χ3v) is 4.31. The van der Waals surface area contributed by atoms with E-state index in [1.807, 2.05) is 13.8 Å². The maximum absolute atomic E-state index is 11.8. The number of carboxylic acids is 1. The molecule has 4 nitrogen and oxygen atoms in total. The predicted octanol–water partition coefficient (Wildman–Crippen LogP) is 3.20. The summed E-state index contributed by atoms with van der Waals surface area (Å²) in [4.78, 5) is 11.8. The van der Waals surface area contributed by atoms with Gasteiger partial charge in [-0.3, -0.25) is 10.1 Å². The summed E-state index contributed by atoms with van der Waals surface area (Å²) >= 11 is 0. The Balaban J connectivity index is 2.55. The minimum absolute atomic E-state index is 0.177. The van der Waals surface area contributed by atoms with Crippen LogP contribution in [0.5, 0.6) is 0 Å². The van der Waals surface area contributed by atoms with Gasteiger partial charge in [-0.25, -0.2) is 0 Å². The van der Waals surface area contributed by atoms with Crippen LogP contribution in [-0.4, -0.2) is 35.4 Å². The first kappa shape index (κ1) is 17.4. The van der Waals surface area contributed by atoms with Crippen LogP contribution < -0.4 is 5.32 Å². The van der Waals surface area contributed by atoms with E-state index < -0.39 is 11.5 Å². The Bertz CT molecular complexity index is 306. The largest absolute Gasteiger partial charge is 0.480 e. The summed E-state index contributed by atoms with van der Waals surface area (Å²) in [6, 6.07) is 0.187. The van der Waals surface area contributed by atoms with Crippen LogP contribution in [0.25, 0.3) is 0 Å². The van der Waals surface area contributed by atoms with Gasteiger partial charge in [0.2, 0.25) is 0 Å². The van der Waals surface area contributed by atoms with Crippen LogP contribution in [0.1, 0.15) is 66.2 Å². The molecule has 0 bridgehead atoms. The van der Waals surface area contributed by atoms with E-state index in [1.54, 1.807) is 0 Å². The van der Waals surface area contributed by atoms with Crippen LogP contribution in [0.2, 0.25) is 0 Å². The van der Waals surface area contributed by atoms with Crippen molar-refractivity contribution >= 4 is 5.97 Å². The highest BCUT2D eigenvalue weighted by atomic mass is 16.5. The van der Waals surface area contributed by atoms with Gasteiger partial charge in [0, 0.05) is 12.6 Å². The molecule has 1 rings (SSSR count). The summed E-state index contributed by atoms with van der Waals surface area (Å²) in [6.45, 7) is 8.94. The fourth-order valence-corrected chi connectivity index (χ4v) is 3.42. The Kier molecular flexibility index (Phi) is 6.96. The third-order valence-electron chi connectivity index (χ3n) is 4.31. The molecule has 2 N–H and O–H groups in total. The fraction of sp³-hybridized carbons (Fsp3) is 0.938. The van der Waals surface area contributed by atoms with Gasteiger partial charge in [0.15, 0.2) is 0 Å². The number of carbonyl (C=O) groups is 1. The zero-order chi connectivity index (χ0) is 15.2. The summed E-state index contributed by atoms with van der Waals surface area (Å²) in [5.41, 5.74) is -0.745. The summed E-state index contributed by atoms with van der Waals surface area (Å²) in [7, 11) is 0. The lowest BCUT2D eigenvalue weighted by molar-refractivity contribution is -0.147. The third kappa shape index (κ3) is 4.45. The zero-order valence-corrected chi connectivity index (χ0v) is 13.4. The van der Waals surface area contributed by atoms with Gasteiger partial charge >= 0.3 is 5.97 Å². The van der Waals surface area contributed by atoms with Gasteiger partial charge in [0.25, 0.3) is 0 Å². The van der Waals surface area contributed by atoms with Gasteiger partial charge < -0.3 is 9.84 Å². The molecule has 3 unspecified atom stereocenters. The molecule has 0 aromatic heterocycles. The van der Waals surface area contributed by atoms with E-state index in [2.05, 4.69) is 19.2 Å². The van der Waals surface area contributed by atoms with Gasteiger partial charge in [-0.15, -0.1) is 0 Å². The van der Waals surface area contributed by atoms with Crippen molar-refractivity contribution in [2.45, 2.75) is 83.9 Å². The molecule has 3 atom stereocenters. The Morgan fingerprint density at radius 2 is 2.15 bits per heavy atom. The molecule has 1 fully saturated rings. The lowest BCUT2D eigenvalue weighted by Gasteiger charge is -2.34. The molecule has 0 saturated heterocycles. The highest BCUT2D eigenvalue weighted by Crippen LogP contribution is 2.38. The van der Waals surface area contributed by atoms with Crippen LogP contribution in [0.15, 0.2) is 0 Å². The minimum Gasteiger partial charge on any atom is -0.480 e. The number of ether oxygens (including phenoxy) is 1. The second kappa shape index (κ2) is 7.99. The molecular weight excluding hydrogens is 254 g/mol.